The van der Waals surface area contributed by atoms with Gasteiger partial charge in [-0.05, 0) is 73.7 Å². The third-order valence-corrected chi connectivity index (χ3v) is 6.13. The number of fused-ring (bicyclic) bond motifs is 10. The smallest absolute Gasteiger partial charge is 0.197 e. The summed E-state index contributed by atoms with van der Waals surface area (Å²) in [5.74, 6) is 1.29. The van der Waals surface area contributed by atoms with Crippen molar-refractivity contribution in [2.24, 2.45) is 0 Å². The molecule has 5 nitrogen and oxygen atoms in total. The molecule has 2 aromatic heterocycles. The number of hydrogen-bond donors (Lipinski definition) is 4. The van der Waals surface area contributed by atoms with E-state index in [4.69, 9.17) is 4.74 Å². The quantitative estimate of drug-likeness (QED) is 0.305. The molecule has 4 N–H and O–H groups in total. The molecule has 30 heavy (non-hydrogen) atoms. The van der Waals surface area contributed by atoms with Gasteiger partial charge < -0.3 is 24.9 Å². The molecule has 6 rings (SSSR count). The van der Waals surface area contributed by atoms with Gasteiger partial charge in [0, 0.05) is 33.4 Å². The molecule has 0 radical (unpaired) electrons. The minimum absolute atomic E-state index is 0.127. The number of benzene rings is 3. The summed E-state index contributed by atoms with van der Waals surface area (Å²) in [4.78, 5) is 6.58. The monoisotopic (exact) mass is 398 g/mol. The molecule has 3 aromatic carbocycles. The molecule has 5 aromatic rings. The number of aryl methyl sites for hydroxylation is 2. The van der Waals surface area contributed by atoms with Crippen molar-refractivity contribution >= 4 is 32.6 Å². The van der Waals surface area contributed by atoms with E-state index in [0.29, 0.717) is 0 Å². The summed E-state index contributed by atoms with van der Waals surface area (Å²) in [6, 6.07) is 11.6. The Kier molecular flexibility index (Phi) is 3.43. The number of aromatic nitrogens is 2. The van der Waals surface area contributed by atoms with E-state index in [1.807, 2.05) is 32.2 Å². The standard InChI is InChI=1S/C25H22N2O3/c1-12(2)30-15-5-7-16-13(9-15)3-6-17-21(16)23-19(11-26-25(23)29)22-18-10-14(28)4-8-20(18)27-24(17)22/h4-5,7-12,26-29H,3,6H2,1-2H3. The van der Waals surface area contributed by atoms with E-state index in [2.05, 4.69) is 22.1 Å². The van der Waals surface area contributed by atoms with Gasteiger partial charge in [0.25, 0.3) is 0 Å². The Morgan fingerprint density at radius 2 is 1.83 bits per heavy atom. The number of ether oxygens (including phenoxy) is 1. The van der Waals surface area contributed by atoms with E-state index in [1.54, 1.807) is 12.1 Å². The zero-order valence-electron chi connectivity index (χ0n) is 16.8. The van der Waals surface area contributed by atoms with Crippen molar-refractivity contribution in [2.75, 3.05) is 0 Å². The summed E-state index contributed by atoms with van der Waals surface area (Å²) in [5, 5.41) is 24.6. The summed E-state index contributed by atoms with van der Waals surface area (Å²) in [5.41, 5.74) is 6.69. The second-order valence-corrected chi connectivity index (χ2v) is 8.37. The van der Waals surface area contributed by atoms with Gasteiger partial charge in [0.15, 0.2) is 5.88 Å². The van der Waals surface area contributed by atoms with E-state index in [-0.39, 0.29) is 17.7 Å². The van der Waals surface area contributed by atoms with E-state index in [1.165, 1.54) is 11.1 Å². The highest BCUT2D eigenvalue weighted by molar-refractivity contribution is 6.26. The van der Waals surface area contributed by atoms with Gasteiger partial charge in [0.2, 0.25) is 0 Å². The molecule has 0 saturated carbocycles. The number of rotatable bonds is 2. The van der Waals surface area contributed by atoms with Gasteiger partial charge in [-0.15, -0.1) is 0 Å². The Morgan fingerprint density at radius 3 is 2.67 bits per heavy atom. The minimum Gasteiger partial charge on any atom is -0.508 e. The SMILES string of the molecule is CC(C)Oc1ccc2c(c1)CCc1c-2c2c(O)[nH]cc2c2c1[nH]c1ccc(O)cc12. The first-order valence-electron chi connectivity index (χ1n) is 10.3. The van der Waals surface area contributed by atoms with Crippen molar-refractivity contribution in [3.63, 3.8) is 0 Å². The van der Waals surface area contributed by atoms with E-state index in [9.17, 15) is 10.2 Å². The number of aromatic amines is 2. The Labute approximate surface area is 172 Å². The maximum absolute atomic E-state index is 10.8. The van der Waals surface area contributed by atoms with Crippen LogP contribution in [0.15, 0.2) is 42.6 Å². The molecule has 0 unspecified atom stereocenters. The van der Waals surface area contributed by atoms with E-state index < -0.39 is 0 Å². The highest BCUT2D eigenvalue weighted by Crippen LogP contribution is 2.48. The summed E-state index contributed by atoms with van der Waals surface area (Å²) in [7, 11) is 0. The molecule has 0 aliphatic heterocycles. The summed E-state index contributed by atoms with van der Waals surface area (Å²) < 4.78 is 5.90. The predicted octanol–water partition coefficient (Wildman–Crippen LogP) is 5.77. The molecule has 0 saturated heterocycles. The first-order valence-corrected chi connectivity index (χ1v) is 10.3. The zero-order chi connectivity index (χ0) is 20.6. The van der Waals surface area contributed by atoms with Crippen LogP contribution in [0.1, 0.15) is 25.0 Å². The summed E-state index contributed by atoms with van der Waals surface area (Å²) >= 11 is 0. The van der Waals surface area contributed by atoms with Gasteiger partial charge in [0.05, 0.1) is 17.0 Å². The maximum Gasteiger partial charge on any atom is 0.197 e. The van der Waals surface area contributed by atoms with Gasteiger partial charge in [-0.3, -0.25) is 0 Å². The average Bonchev–Trinajstić information content (AvgIpc) is 3.27. The topological polar surface area (TPSA) is 81.3 Å². The largest absolute Gasteiger partial charge is 0.508 e. The van der Waals surface area contributed by atoms with Crippen molar-refractivity contribution < 1.29 is 14.9 Å². The maximum atomic E-state index is 10.8. The summed E-state index contributed by atoms with van der Waals surface area (Å²) in [6.07, 6.45) is 3.75. The lowest BCUT2D eigenvalue weighted by Crippen LogP contribution is -2.08. The van der Waals surface area contributed by atoms with E-state index in [0.717, 1.165) is 62.3 Å². The van der Waals surface area contributed by atoms with Crippen LogP contribution in [0, 0.1) is 0 Å². The van der Waals surface area contributed by atoms with Crippen molar-refractivity contribution in [3.8, 4) is 28.5 Å². The fourth-order valence-corrected chi connectivity index (χ4v) is 5.00. The third kappa shape index (κ3) is 2.29. The molecule has 0 amide bonds. The molecular formula is C25H22N2O3. The van der Waals surface area contributed by atoms with Crippen molar-refractivity contribution in [1.29, 1.82) is 0 Å². The van der Waals surface area contributed by atoms with Crippen LogP contribution in [-0.2, 0) is 12.8 Å². The fourth-order valence-electron chi connectivity index (χ4n) is 5.00. The van der Waals surface area contributed by atoms with Crippen LogP contribution in [0.2, 0.25) is 0 Å². The van der Waals surface area contributed by atoms with E-state index >= 15 is 0 Å². The number of phenols is 1. The number of phenolic OH excluding ortho intramolecular Hbond substituents is 1. The molecule has 150 valence electrons. The molecule has 0 bridgehead atoms. The lowest BCUT2D eigenvalue weighted by molar-refractivity contribution is 0.242. The Morgan fingerprint density at radius 1 is 0.967 bits per heavy atom. The first kappa shape index (κ1) is 17.3. The normalized spacial score (nSPS) is 13.3. The Balaban J connectivity index is 1.73. The third-order valence-electron chi connectivity index (χ3n) is 6.13. The van der Waals surface area contributed by atoms with Crippen molar-refractivity contribution in [3.05, 3.63) is 53.7 Å². The number of hydrogen-bond acceptors (Lipinski definition) is 3. The Bertz CT molecular complexity index is 1470. The van der Waals surface area contributed by atoms with Crippen LogP contribution in [0.25, 0.3) is 43.7 Å². The Hall–Kier alpha value is -3.60. The predicted molar refractivity (Wildman–Crippen MR) is 120 cm³/mol. The number of H-pyrrole nitrogens is 2. The van der Waals surface area contributed by atoms with Crippen LogP contribution >= 0.6 is 0 Å². The van der Waals surface area contributed by atoms with Crippen molar-refractivity contribution in [1.82, 2.24) is 9.97 Å². The van der Waals surface area contributed by atoms with Crippen molar-refractivity contribution in [2.45, 2.75) is 32.8 Å². The molecule has 5 heteroatoms. The lowest BCUT2D eigenvalue weighted by atomic mass is 9.82. The van der Waals surface area contributed by atoms with Crippen LogP contribution < -0.4 is 4.74 Å². The van der Waals surface area contributed by atoms with Crippen LogP contribution in [0.5, 0.6) is 17.4 Å². The van der Waals surface area contributed by atoms with Gasteiger partial charge in [-0.2, -0.15) is 0 Å². The van der Waals surface area contributed by atoms with Crippen LogP contribution in [0.3, 0.4) is 0 Å². The number of nitrogens with one attached hydrogen (secondary N) is 2. The first-order chi connectivity index (χ1) is 14.5. The summed E-state index contributed by atoms with van der Waals surface area (Å²) in [6.45, 7) is 4.06. The molecular weight excluding hydrogens is 376 g/mol. The van der Waals surface area contributed by atoms with Gasteiger partial charge in [-0.25, -0.2) is 0 Å². The average molecular weight is 398 g/mol. The fraction of sp³-hybridized carbons (Fsp3) is 0.200. The second kappa shape index (κ2) is 5.95. The number of aromatic hydroxyl groups is 2. The highest BCUT2D eigenvalue weighted by atomic mass is 16.5. The van der Waals surface area contributed by atoms with Gasteiger partial charge >= 0.3 is 0 Å². The molecule has 1 aliphatic carbocycles. The van der Waals surface area contributed by atoms with Gasteiger partial charge in [-0.1, -0.05) is 6.07 Å². The lowest BCUT2D eigenvalue weighted by Gasteiger charge is -2.23. The molecule has 0 fully saturated rings. The minimum atomic E-state index is 0.127. The highest BCUT2D eigenvalue weighted by Gasteiger charge is 2.26. The second-order valence-electron chi connectivity index (χ2n) is 8.37. The molecule has 0 atom stereocenters. The molecule has 2 heterocycles. The zero-order valence-corrected chi connectivity index (χ0v) is 16.8. The van der Waals surface area contributed by atoms with Gasteiger partial charge in [0.1, 0.15) is 11.5 Å². The van der Waals surface area contributed by atoms with Crippen LogP contribution in [0.4, 0.5) is 0 Å². The molecule has 0 spiro atoms. The molecule has 1 aliphatic rings. The van der Waals surface area contributed by atoms with Crippen LogP contribution in [-0.4, -0.2) is 26.3 Å².